The van der Waals surface area contributed by atoms with Gasteiger partial charge in [-0.2, -0.15) is 0 Å². The molecule has 2 rings (SSSR count). The Labute approximate surface area is 173 Å². The monoisotopic (exact) mass is 416 g/mol. The molecule has 0 aliphatic rings. The molecule has 30 heavy (non-hydrogen) atoms. The summed E-state index contributed by atoms with van der Waals surface area (Å²) in [7, 11) is 0. The Morgan fingerprint density at radius 2 is 1.67 bits per heavy atom. The molecular weight excluding hydrogens is 392 g/mol. The van der Waals surface area contributed by atoms with E-state index in [1.807, 2.05) is 13.8 Å². The molecule has 9 heteroatoms. The minimum Gasteiger partial charge on any atom is -0.462 e. The molecule has 0 atom stereocenters. The van der Waals surface area contributed by atoms with Crippen LogP contribution in [0.3, 0.4) is 0 Å². The van der Waals surface area contributed by atoms with Crippen LogP contribution < -0.4 is 0 Å². The number of nitrogens with zero attached hydrogens (tertiary/aromatic N) is 2. The Bertz CT molecular complexity index is 970. The maximum Gasteiger partial charge on any atom is 0.340 e. The number of nitro benzene ring substituents is 1. The van der Waals surface area contributed by atoms with Gasteiger partial charge in [0.1, 0.15) is 6.61 Å². The van der Waals surface area contributed by atoms with Gasteiger partial charge in [-0.3, -0.25) is 15.1 Å². The summed E-state index contributed by atoms with van der Waals surface area (Å²) in [6.07, 6.45) is 0. The average Bonchev–Trinajstić information content (AvgIpc) is 2.69. The molecule has 2 aromatic rings. The number of hydrogen-bond donors (Lipinski definition) is 1. The molecule has 0 saturated heterocycles. The zero-order valence-electron chi connectivity index (χ0n) is 17.3. The van der Waals surface area contributed by atoms with Crippen molar-refractivity contribution in [2.45, 2.75) is 27.7 Å². The fraction of sp³-hybridized carbons (Fsp3) is 0.381. The van der Waals surface area contributed by atoms with Crippen molar-refractivity contribution in [2.75, 3.05) is 19.8 Å². The maximum atomic E-state index is 12.9. The number of benzene rings is 1. The van der Waals surface area contributed by atoms with Crippen LogP contribution in [-0.4, -0.2) is 46.8 Å². The average molecular weight is 416 g/mol. The number of para-hydroxylation sites is 1. The van der Waals surface area contributed by atoms with Crippen LogP contribution in [-0.2, 0) is 9.47 Å². The number of esters is 2. The zero-order chi connectivity index (χ0) is 22.4. The number of hydrogen-bond acceptors (Lipinski definition) is 8. The van der Waals surface area contributed by atoms with Crippen molar-refractivity contribution in [1.29, 1.82) is 0 Å². The molecule has 0 spiro atoms. The van der Waals surface area contributed by atoms with Crippen molar-refractivity contribution in [3.63, 3.8) is 0 Å². The highest BCUT2D eigenvalue weighted by molar-refractivity contribution is 6.08. The molecule has 0 saturated carbocycles. The topological polar surface area (TPSA) is 129 Å². The van der Waals surface area contributed by atoms with Gasteiger partial charge in [0, 0.05) is 11.6 Å². The molecular formula is C21H24N2O7. The van der Waals surface area contributed by atoms with Crippen LogP contribution in [0.2, 0.25) is 0 Å². The minimum atomic E-state index is -0.847. The fourth-order valence-electron chi connectivity index (χ4n) is 2.99. The van der Waals surface area contributed by atoms with Crippen LogP contribution in [0.25, 0.3) is 11.1 Å². The summed E-state index contributed by atoms with van der Waals surface area (Å²) in [5.41, 5.74) is 0.215. The molecule has 9 nitrogen and oxygen atoms in total. The second-order valence-electron chi connectivity index (χ2n) is 7.03. The third-order valence-electron chi connectivity index (χ3n) is 4.21. The number of aliphatic hydroxyl groups is 1. The number of nitro groups is 1. The largest absolute Gasteiger partial charge is 0.462 e. The van der Waals surface area contributed by atoms with E-state index in [9.17, 15) is 19.7 Å². The van der Waals surface area contributed by atoms with Crippen molar-refractivity contribution < 1.29 is 29.1 Å². The molecule has 1 aromatic carbocycles. The second-order valence-corrected chi connectivity index (χ2v) is 7.03. The highest BCUT2D eigenvalue weighted by atomic mass is 16.6. The number of ether oxygens (including phenoxy) is 2. The van der Waals surface area contributed by atoms with Gasteiger partial charge in [-0.25, -0.2) is 9.59 Å². The van der Waals surface area contributed by atoms with Crippen LogP contribution in [0, 0.1) is 29.9 Å². The predicted molar refractivity (Wildman–Crippen MR) is 108 cm³/mol. The summed E-state index contributed by atoms with van der Waals surface area (Å²) >= 11 is 0. The van der Waals surface area contributed by atoms with E-state index in [0.29, 0.717) is 0 Å². The Hall–Kier alpha value is -3.33. The molecule has 1 aromatic heterocycles. The maximum absolute atomic E-state index is 12.9. The highest BCUT2D eigenvalue weighted by Crippen LogP contribution is 2.37. The van der Waals surface area contributed by atoms with Gasteiger partial charge in [-0.15, -0.1) is 0 Å². The molecule has 0 amide bonds. The molecule has 0 aliphatic heterocycles. The van der Waals surface area contributed by atoms with Gasteiger partial charge >= 0.3 is 11.9 Å². The van der Waals surface area contributed by atoms with Crippen LogP contribution in [0.1, 0.15) is 46.0 Å². The summed E-state index contributed by atoms with van der Waals surface area (Å²) in [4.78, 5) is 41.0. The lowest BCUT2D eigenvalue weighted by molar-refractivity contribution is -0.384. The van der Waals surface area contributed by atoms with E-state index in [-0.39, 0.29) is 58.5 Å². The summed E-state index contributed by atoms with van der Waals surface area (Å²) in [5.74, 6) is -1.52. The van der Waals surface area contributed by atoms with Crippen LogP contribution in [0.15, 0.2) is 24.3 Å². The normalized spacial score (nSPS) is 10.7. The number of rotatable bonds is 8. The number of aryl methyl sites for hydroxylation is 2. The SMILES string of the molecule is Cc1nc(C)c(C(=O)OCC(C)C)c(-c2ccccc2[N+](=O)[O-])c1C(=O)OCCO. The second kappa shape index (κ2) is 9.93. The van der Waals surface area contributed by atoms with Crippen molar-refractivity contribution in [3.05, 3.63) is 56.9 Å². The van der Waals surface area contributed by atoms with E-state index in [1.165, 1.54) is 18.2 Å². The highest BCUT2D eigenvalue weighted by Gasteiger charge is 2.31. The van der Waals surface area contributed by atoms with Gasteiger partial charge in [0.2, 0.25) is 0 Å². The molecule has 0 aliphatic carbocycles. The smallest absolute Gasteiger partial charge is 0.340 e. The Balaban J connectivity index is 2.84. The van der Waals surface area contributed by atoms with E-state index in [2.05, 4.69) is 4.98 Å². The first-order valence-electron chi connectivity index (χ1n) is 9.39. The quantitative estimate of drug-likeness (QED) is 0.394. The van der Waals surface area contributed by atoms with E-state index in [1.54, 1.807) is 19.9 Å². The van der Waals surface area contributed by atoms with Gasteiger partial charge in [-0.1, -0.05) is 26.0 Å². The standard InChI is InChI=1S/C21H24N2O7/c1-12(2)11-30-21(26)18-14(4)22-13(3)17(20(25)29-10-9-24)19(18)15-7-5-6-8-16(15)23(27)28/h5-8,12,24H,9-11H2,1-4H3. The lowest BCUT2D eigenvalue weighted by Crippen LogP contribution is -2.19. The van der Waals surface area contributed by atoms with Crippen molar-refractivity contribution in [1.82, 2.24) is 4.98 Å². The van der Waals surface area contributed by atoms with Crippen LogP contribution in [0.4, 0.5) is 5.69 Å². The van der Waals surface area contributed by atoms with Gasteiger partial charge in [0.25, 0.3) is 5.69 Å². The first kappa shape index (κ1) is 23.0. The van der Waals surface area contributed by atoms with Crippen molar-refractivity contribution in [2.24, 2.45) is 5.92 Å². The van der Waals surface area contributed by atoms with Gasteiger partial charge in [-0.05, 0) is 25.8 Å². The lowest BCUT2D eigenvalue weighted by Gasteiger charge is -2.18. The predicted octanol–water partition coefficient (Wildman–Crippen LogP) is 3.24. The third kappa shape index (κ3) is 4.98. The molecule has 160 valence electrons. The van der Waals surface area contributed by atoms with E-state index in [4.69, 9.17) is 14.6 Å². The van der Waals surface area contributed by atoms with E-state index >= 15 is 0 Å². The number of carbonyl (C=O) groups is 2. The van der Waals surface area contributed by atoms with Gasteiger partial charge in [0.15, 0.2) is 0 Å². The van der Waals surface area contributed by atoms with Crippen LogP contribution >= 0.6 is 0 Å². The third-order valence-corrected chi connectivity index (χ3v) is 4.21. The molecule has 0 unspecified atom stereocenters. The van der Waals surface area contributed by atoms with E-state index in [0.717, 1.165) is 0 Å². The Kier molecular flexibility index (Phi) is 7.60. The Morgan fingerprint density at radius 1 is 1.10 bits per heavy atom. The molecule has 0 radical (unpaired) electrons. The first-order chi connectivity index (χ1) is 14.2. The molecule has 1 heterocycles. The van der Waals surface area contributed by atoms with Crippen molar-refractivity contribution in [3.8, 4) is 11.1 Å². The number of pyridine rings is 1. The summed E-state index contributed by atoms with van der Waals surface area (Å²) in [6, 6.07) is 5.80. The number of carbonyl (C=O) groups excluding carboxylic acids is 2. The summed E-state index contributed by atoms with van der Waals surface area (Å²) in [6.45, 7) is 6.32. The molecule has 0 bridgehead atoms. The van der Waals surface area contributed by atoms with Crippen LogP contribution in [0.5, 0.6) is 0 Å². The first-order valence-corrected chi connectivity index (χ1v) is 9.39. The summed E-state index contributed by atoms with van der Waals surface area (Å²) in [5, 5.41) is 20.6. The number of aliphatic hydroxyl groups excluding tert-OH is 1. The molecule has 1 N–H and O–H groups in total. The summed E-state index contributed by atoms with van der Waals surface area (Å²) < 4.78 is 10.4. The van der Waals surface area contributed by atoms with Gasteiger partial charge in [0.05, 0.1) is 46.2 Å². The van der Waals surface area contributed by atoms with Crippen molar-refractivity contribution >= 4 is 17.6 Å². The van der Waals surface area contributed by atoms with Gasteiger partial charge < -0.3 is 14.6 Å². The lowest BCUT2D eigenvalue weighted by atomic mass is 9.91. The number of aromatic nitrogens is 1. The molecule has 0 fully saturated rings. The van der Waals surface area contributed by atoms with E-state index < -0.39 is 23.5 Å². The Morgan fingerprint density at radius 3 is 2.20 bits per heavy atom. The zero-order valence-corrected chi connectivity index (χ0v) is 17.3. The fourth-order valence-corrected chi connectivity index (χ4v) is 2.99. The minimum absolute atomic E-state index is 0.0315.